The molecule has 0 aliphatic rings. The van der Waals surface area contributed by atoms with Crippen molar-refractivity contribution in [3.8, 4) is 11.5 Å². The van der Waals surface area contributed by atoms with Crippen molar-refractivity contribution in [2.24, 2.45) is 5.73 Å². The third kappa shape index (κ3) is 3.90. The van der Waals surface area contributed by atoms with Crippen molar-refractivity contribution in [2.45, 2.75) is 26.0 Å². The third-order valence-electron chi connectivity index (χ3n) is 3.31. The van der Waals surface area contributed by atoms with Crippen LogP contribution in [0, 0.1) is 6.92 Å². The van der Waals surface area contributed by atoms with Gasteiger partial charge in [0.15, 0.2) is 0 Å². The van der Waals surface area contributed by atoms with Crippen LogP contribution in [0.1, 0.15) is 24.2 Å². The normalized spacial score (nSPS) is 13.6. The molecule has 0 spiro atoms. The van der Waals surface area contributed by atoms with E-state index in [-0.39, 0.29) is 12.1 Å². The molecule has 0 saturated carbocycles. The lowest BCUT2D eigenvalue weighted by atomic mass is 10.0. The number of ether oxygens (including phenoxy) is 2. The van der Waals surface area contributed by atoms with Gasteiger partial charge in [0, 0.05) is 11.1 Å². The molecule has 2 aromatic rings. The zero-order chi connectivity index (χ0) is 15.4. The fourth-order valence-electron chi connectivity index (χ4n) is 2.15. The summed E-state index contributed by atoms with van der Waals surface area (Å²) in [6, 6.07) is 13.2. The van der Waals surface area contributed by atoms with Crippen molar-refractivity contribution in [3.63, 3.8) is 0 Å². The molecule has 0 saturated heterocycles. The zero-order valence-electron chi connectivity index (χ0n) is 12.5. The highest BCUT2D eigenvalue weighted by Gasteiger charge is 2.19. The molecule has 0 bridgehead atoms. The molecular weight excluding hydrogens is 286 g/mol. The molecule has 0 radical (unpaired) electrons. The molecule has 4 heteroatoms. The number of methoxy groups -OCH3 is 1. The van der Waals surface area contributed by atoms with Crippen LogP contribution in [0.25, 0.3) is 0 Å². The summed E-state index contributed by atoms with van der Waals surface area (Å²) in [6.45, 7) is 3.90. The van der Waals surface area contributed by atoms with Crippen molar-refractivity contribution in [3.05, 3.63) is 58.6 Å². The maximum Gasteiger partial charge on any atom is 0.138 e. The first-order chi connectivity index (χ1) is 10.0. The van der Waals surface area contributed by atoms with Gasteiger partial charge in [-0.3, -0.25) is 0 Å². The number of aryl methyl sites for hydroxylation is 1. The second-order valence-corrected chi connectivity index (χ2v) is 5.52. The third-order valence-corrected chi connectivity index (χ3v) is 3.55. The van der Waals surface area contributed by atoms with E-state index in [9.17, 15) is 0 Å². The molecule has 2 unspecified atom stereocenters. The second kappa shape index (κ2) is 6.83. The summed E-state index contributed by atoms with van der Waals surface area (Å²) in [7, 11) is 1.64. The van der Waals surface area contributed by atoms with Crippen LogP contribution >= 0.6 is 11.6 Å². The van der Waals surface area contributed by atoms with Gasteiger partial charge >= 0.3 is 0 Å². The molecule has 3 nitrogen and oxygen atoms in total. The Balaban J connectivity index is 2.26. The Morgan fingerprint density at radius 3 is 2.29 bits per heavy atom. The van der Waals surface area contributed by atoms with Crippen LogP contribution in [0.5, 0.6) is 11.5 Å². The van der Waals surface area contributed by atoms with E-state index in [0.29, 0.717) is 5.02 Å². The average Bonchev–Trinajstić information content (AvgIpc) is 2.46. The predicted octanol–water partition coefficient (Wildman–Crippen LogP) is 4.12. The van der Waals surface area contributed by atoms with E-state index in [0.717, 1.165) is 22.6 Å². The first-order valence-corrected chi connectivity index (χ1v) is 7.21. The summed E-state index contributed by atoms with van der Waals surface area (Å²) in [5.74, 6) is 1.60. The minimum absolute atomic E-state index is 0.145. The molecule has 0 amide bonds. The van der Waals surface area contributed by atoms with Crippen LogP contribution in [0.2, 0.25) is 5.02 Å². The molecule has 2 N–H and O–H groups in total. The first kappa shape index (κ1) is 15.7. The van der Waals surface area contributed by atoms with Crippen molar-refractivity contribution < 1.29 is 9.47 Å². The van der Waals surface area contributed by atoms with E-state index in [1.54, 1.807) is 7.11 Å². The number of hydrogen-bond acceptors (Lipinski definition) is 3. The van der Waals surface area contributed by atoms with E-state index in [1.165, 1.54) is 0 Å². The second-order valence-electron chi connectivity index (χ2n) is 5.08. The van der Waals surface area contributed by atoms with Gasteiger partial charge in [-0.25, -0.2) is 0 Å². The molecule has 0 aromatic heterocycles. The monoisotopic (exact) mass is 305 g/mol. The van der Waals surface area contributed by atoms with Gasteiger partial charge in [0.05, 0.1) is 7.11 Å². The Hall–Kier alpha value is -1.71. The number of benzene rings is 2. The SMILES string of the molecule is COc1ccc(C(Oc2ccc(Cl)cc2C)C(C)N)cc1. The minimum Gasteiger partial charge on any atom is -0.497 e. The van der Waals surface area contributed by atoms with Crippen molar-refractivity contribution in [2.75, 3.05) is 7.11 Å². The standard InChI is InChI=1S/C17H20ClNO2/c1-11-10-14(18)6-9-16(11)21-17(12(2)19)13-4-7-15(20-3)8-5-13/h4-10,12,17H,19H2,1-3H3. The molecule has 2 aromatic carbocycles. The van der Waals surface area contributed by atoms with Crippen LogP contribution in [0.15, 0.2) is 42.5 Å². The Kier molecular flexibility index (Phi) is 5.10. The summed E-state index contributed by atoms with van der Waals surface area (Å²) in [5.41, 5.74) is 8.09. The first-order valence-electron chi connectivity index (χ1n) is 6.83. The largest absolute Gasteiger partial charge is 0.497 e. The Bertz CT molecular complexity index is 596. The Labute approximate surface area is 130 Å². The highest BCUT2D eigenvalue weighted by atomic mass is 35.5. The summed E-state index contributed by atoms with van der Waals surface area (Å²) >= 11 is 5.97. The van der Waals surface area contributed by atoms with Gasteiger partial charge in [-0.05, 0) is 55.3 Å². The number of hydrogen-bond donors (Lipinski definition) is 1. The maximum absolute atomic E-state index is 6.10. The summed E-state index contributed by atoms with van der Waals surface area (Å²) in [6.07, 6.45) is -0.226. The zero-order valence-corrected chi connectivity index (χ0v) is 13.2. The lowest BCUT2D eigenvalue weighted by Crippen LogP contribution is -2.29. The molecule has 2 rings (SSSR count). The van der Waals surface area contributed by atoms with Crippen LogP contribution in [-0.4, -0.2) is 13.2 Å². The van der Waals surface area contributed by atoms with Crippen LogP contribution in [0.3, 0.4) is 0 Å². The quantitative estimate of drug-likeness (QED) is 0.903. The number of nitrogens with two attached hydrogens (primary N) is 1. The van der Waals surface area contributed by atoms with E-state index in [1.807, 2.05) is 56.3 Å². The van der Waals surface area contributed by atoms with Crippen LogP contribution in [0.4, 0.5) is 0 Å². The number of halogens is 1. The summed E-state index contributed by atoms with van der Waals surface area (Å²) < 4.78 is 11.3. The molecule has 0 heterocycles. The highest BCUT2D eigenvalue weighted by molar-refractivity contribution is 6.30. The molecule has 112 valence electrons. The topological polar surface area (TPSA) is 44.5 Å². The lowest BCUT2D eigenvalue weighted by molar-refractivity contribution is 0.179. The van der Waals surface area contributed by atoms with E-state index < -0.39 is 0 Å². The predicted molar refractivity (Wildman–Crippen MR) is 86.2 cm³/mol. The van der Waals surface area contributed by atoms with Gasteiger partial charge < -0.3 is 15.2 Å². The van der Waals surface area contributed by atoms with Crippen molar-refractivity contribution in [1.29, 1.82) is 0 Å². The van der Waals surface area contributed by atoms with Gasteiger partial charge in [0.1, 0.15) is 17.6 Å². The summed E-state index contributed by atoms with van der Waals surface area (Å²) in [4.78, 5) is 0. The molecule has 21 heavy (non-hydrogen) atoms. The maximum atomic E-state index is 6.10. The highest BCUT2D eigenvalue weighted by Crippen LogP contribution is 2.29. The van der Waals surface area contributed by atoms with Gasteiger partial charge in [-0.15, -0.1) is 0 Å². The van der Waals surface area contributed by atoms with Gasteiger partial charge in [0.2, 0.25) is 0 Å². The van der Waals surface area contributed by atoms with Crippen LogP contribution < -0.4 is 15.2 Å². The van der Waals surface area contributed by atoms with E-state index in [4.69, 9.17) is 26.8 Å². The van der Waals surface area contributed by atoms with Crippen LogP contribution in [-0.2, 0) is 0 Å². The minimum atomic E-state index is -0.226. The fraction of sp³-hybridized carbons (Fsp3) is 0.294. The Morgan fingerprint density at radius 2 is 1.76 bits per heavy atom. The molecule has 0 fully saturated rings. The van der Waals surface area contributed by atoms with Crippen molar-refractivity contribution >= 4 is 11.6 Å². The van der Waals surface area contributed by atoms with E-state index in [2.05, 4.69) is 0 Å². The van der Waals surface area contributed by atoms with Gasteiger partial charge in [0.25, 0.3) is 0 Å². The molecule has 0 aliphatic carbocycles. The lowest BCUT2D eigenvalue weighted by Gasteiger charge is -2.24. The van der Waals surface area contributed by atoms with Gasteiger partial charge in [-0.1, -0.05) is 23.7 Å². The smallest absolute Gasteiger partial charge is 0.138 e. The fourth-order valence-corrected chi connectivity index (χ4v) is 2.38. The van der Waals surface area contributed by atoms with E-state index >= 15 is 0 Å². The molecule has 2 atom stereocenters. The van der Waals surface area contributed by atoms with Crippen molar-refractivity contribution in [1.82, 2.24) is 0 Å². The summed E-state index contributed by atoms with van der Waals surface area (Å²) in [5, 5.41) is 0.696. The number of rotatable bonds is 5. The average molecular weight is 306 g/mol. The Morgan fingerprint density at radius 1 is 1.10 bits per heavy atom. The van der Waals surface area contributed by atoms with Gasteiger partial charge in [-0.2, -0.15) is 0 Å². The molecular formula is C17H20ClNO2. The molecule has 0 aliphatic heterocycles.